The van der Waals surface area contributed by atoms with Crippen molar-refractivity contribution in [2.75, 3.05) is 31.2 Å². The van der Waals surface area contributed by atoms with E-state index < -0.39 is 11.8 Å². The predicted octanol–water partition coefficient (Wildman–Crippen LogP) is 2.58. The number of fused-ring (bicyclic) bond motifs is 2. The van der Waals surface area contributed by atoms with E-state index in [1.807, 2.05) is 0 Å². The molecule has 0 saturated carbocycles. The first-order chi connectivity index (χ1) is 15.5. The number of pyridine rings is 1. The second-order valence-corrected chi connectivity index (χ2v) is 7.48. The summed E-state index contributed by atoms with van der Waals surface area (Å²) in [4.78, 5) is 5.59. The fourth-order valence-electron chi connectivity index (χ4n) is 3.77. The Morgan fingerprint density at radius 1 is 1.16 bits per heavy atom. The van der Waals surface area contributed by atoms with Crippen LogP contribution in [0.5, 0.6) is 0 Å². The molecule has 1 aliphatic heterocycles. The van der Waals surface area contributed by atoms with Gasteiger partial charge in [0.1, 0.15) is 17.1 Å². The van der Waals surface area contributed by atoms with Crippen LogP contribution in [0.15, 0.2) is 35.5 Å². The molecule has 1 fully saturated rings. The molecule has 1 N–H and O–H groups in total. The molecule has 0 radical (unpaired) electrons. The molecule has 1 saturated heterocycles. The Labute approximate surface area is 181 Å². The highest BCUT2D eigenvalue weighted by atomic mass is 19.1. The minimum Gasteiger partial charge on any atom is -0.411 e. The molecule has 11 heteroatoms. The lowest BCUT2D eigenvalue weighted by atomic mass is 10.1. The monoisotopic (exact) mass is 439 g/mol. The largest absolute Gasteiger partial charge is 0.411 e. The van der Waals surface area contributed by atoms with E-state index in [1.54, 1.807) is 46.7 Å². The Bertz CT molecular complexity index is 1350. The third kappa shape index (κ3) is 3.50. The molecule has 0 atom stereocenters. The molecule has 0 spiro atoms. The summed E-state index contributed by atoms with van der Waals surface area (Å²) in [6.45, 7) is 3.25. The summed E-state index contributed by atoms with van der Waals surface area (Å²) in [5, 5.41) is 25.1. The van der Waals surface area contributed by atoms with Crippen molar-refractivity contribution in [1.29, 1.82) is 0 Å². The highest BCUT2D eigenvalue weighted by Crippen LogP contribution is 2.30. The molecular weight excluding hydrogens is 420 g/mol. The Morgan fingerprint density at radius 3 is 2.75 bits per heavy atom. The zero-order valence-electron chi connectivity index (χ0n) is 17.2. The van der Waals surface area contributed by atoms with Gasteiger partial charge in [-0.2, -0.15) is 14.0 Å². The van der Waals surface area contributed by atoms with Gasteiger partial charge in [-0.1, -0.05) is 11.2 Å². The van der Waals surface area contributed by atoms with Crippen molar-refractivity contribution in [1.82, 2.24) is 24.8 Å². The van der Waals surface area contributed by atoms with Crippen molar-refractivity contribution in [3.05, 3.63) is 59.2 Å². The van der Waals surface area contributed by atoms with Crippen LogP contribution < -0.4 is 4.90 Å². The van der Waals surface area contributed by atoms with Crippen LogP contribution in [0.2, 0.25) is 0 Å². The third-order valence-corrected chi connectivity index (χ3v) is 5.46. The first-order valence-electron chi connectivity index (χ1n) is 10.1. The Kier molecular flexibility index (Phi) is 5.10. The number of rotatable bonds is 4. The summed E-state index contributed by atoms with van der Waals surface area (Å²) in [6.07, 6.45) is 0.312. The molecule has 0 amide bonds. The molecule has 3 aromatic heterocycles. The number of oxime groups is 1. The first kappa shape index (κ1) is 20.2. The standard InChI is InChI=1S/C21H19F2N7O2/c1-12(28-31)15-4-5-17-25-26-18(30(17)27-15)11-13-2-3-16-14(10-13)19(22)20(21(23)24-16)29-6-8-32-9-7-29/h2-5,10,31H,6-9,11H2,1H3. The normalized spacial score (nSPS) is 15.1. The number of benzene rings is 1. The lowest BCUT2D eigenvalue weighted by Crippen LogP contribution is -2.37. The van der Waals surface area contributed by atoms with Crippen molar-refractivity contribution >= 4 is 27.9 Å². The van der Waals surface area contributed by atoms with Gasteiger partial charge in [-0.25, -0.2) is 9.37 Å². The maximum atomic E-state index is 15.4. The summed E-state index contributed by atoms with van der Waals surface area (Å²) >= 11 is 0. The van der Waals surface area contributed by atoms with E-state index in [0.717, 1.165) is 5.56 Å². The molecular formula is C21H19F2N7O2. The molecule has 1 aliphatic rings. The van der Waals surface area contributed by atoms with Crippen molar-refractivity contribution < 1.29 is 18.7 Å². The van der Waals surface area contributed by atoms with E-state index in [9.17, 15) is 4.39 Å². The Balaban J connectivity index is 1.54. The van der Waals surface area contributed by atoms with Gasteiger partial charge >= 0.3 is 0 Å². The van der Waals surface area contributed by atoms with Gasteiger partial charge in [-0.3, -0.25) is 0 Å². The molecule has 4 aromatic rings. The van der Waals surface area contributed by atoms with Crippen LogP contribution in [-0.4, -0.2) is 62.0 Å². The lowest BCUT2D eigenvalue weighted by molar-refractivity contribution is 0.122. The SMILES string of the molecule is CC(=NO)c1ccc2nnc(Cc3ccc4nc(F)c(N5CCOCC5)c(F)c4c3)n2n1. The average molecular weight is 439 g/mol. The number of hydrogen-bond donors (Lipinski definition) is 1. The van der Waals surface area contributed by atoms with Crippen molar-refractivity contribution in [2.45, 2.75) is 13.3 Å². The molecule has 32 heavy (non-hydrogen) atoms. The van der Waals surface area contributed by atoms with E-state index >= 15 is 4.39 Å². The molecule has 0 bridgehead atoms. The zero-order valence-corrected chi connectivity index (χ0v) is 17.2. The summed E-state index contributed by atoms with van der Waals surface area (Å²) in [6, 6.07) is 8.38. The molecule has 4 heterocycles. The minimum atomic E-state index is -0.828. The summed E-state index contributed by atoms with van der Waals surface area (Å²) in [5.74, 6) is -0.945. The van der Waals surface area contributed by atoms with Crippen LogP contribution >= 0.6 is 0 Å². The van der Waals surface area contributed by atoms with E-state index in [-0.39, 0.29) is 16.6 Å². The van der Waals surface area contributed by atoms with Crippen LogP contribution in [0.3, 0.4) is 0 Å². The lowest BCUT2D eigenvalue weighted by Gasteiger charge is -2.29. The maximum absolute atomic E-state index is 15.4. The Hall–Kier alpha value is -3.73. The molecule has 9 nitrogen and oxygen atoms in total. The van der Waals surface area contributed by atoms with Gasteiger partial charge in [-0.05, 0) is 36.8 Å². The van der Waals surface area contributed by atoms with Gasteiger partial charge in [0.05, 0.1) is 18.7 Å². The van der Waals surface area contributed by atoms with Crippen molar-refractivity contribution in [3.63, 3.8) is 0 Å². The number of hydrogen-bond acceptors (Lipinski definition) is 8. The number of ether oxygens (including phenoxy) is 1. The van der Waals surface area contributed by atoms with E-state index in [4.69, 9.17) is 9.94 Å². The smallest absolute Gasteiger partial charge is 0.240 e. The second kappa shape index (κ2) is 8.08. The van der Waals surface area contributed by atoms with Crippen LogP contribution in [0.4, 0.5) is 14.5 Å². The number of aromatic nitrogens is 5. The van der Waals surface area contributed by atoms with Crippen LogP contribution in [0, 0.1) is 11.8 Å². The van der Waals surface area contributed by atoms with Crippen LogP contribution in [0.1, 0.15) is 24.0 Å². The van der Waals surface area contributed by atoms with Crippen molar-refractivity contribution in [2.24, 2.45) is 5.16 Å². The average Bonchev–Trinajstić information content (AvgIpc) is 3.21. The van der Waals surface area contributed by atoms with E-state index in [0.29, 0.717) is 55.6 Å². The van der Waals surface area contributed by atoms with E-state index in [1.165, 1.54) is 0 Å². The predicted molar refractivity (Wildman–Crippen MR) is 112 cm³/mol. The molecule has 0 unspecified atom stereocenters. The molecule has 5 rings (SSSR count). The number of nitrogens with zero attached hydrogens (tertiary/aromatic N) is 7. The highest BCUT2D eigenvalue weighted by molar-refractivity contribution is 5.96. The van der Waals surface area contributed by atoms with Gasteiger partial charge < -0.3 is 14.8 Å². The molecule has 164 valence electrons. The van der Waals surface area contributed by atoms with Gasteiger partial charge in [0.25, 0.3) is 0 Å². The number of anilines is 1. The molecule has 1 aromatic carbocycles. The van der Waals surface area contributed by atoms with Gasteiger partial charge in [0.15, 0.2) is 17.3 Å². The van der Waals surface area contributed by atoms with Crippen LogP contribution in [-0.2, 0) is 11.2 Å². The van der Waals surface area contributed by atoms with E-state index in [2.05, 4.69) is 25.4 Å². The quantitative estimate of drug-likeness (QED) is 0.226. The summed E-state index contributed by atoms with van der Waals surface area (Å²) in [7, 11) is 0. The number of morpholine rings is 1. The zero-order chi connectivity index (χ0) is 22.2. The van der Waals surface area contributed by atoms with Gasteiger partial charge in [0.2, 0.25) is 5.95 Å². The summed E-state index contributed by atoms with van der Waals surface area (Å²) < 4.78 is 36.8. The van der Waals surface area contributed by atoms with Gasteiger partial charge in [0, 0.05) is 24.9 Å². The Morgan fingerprint density at radius 2 is 1.97 bits per heavy atom. The van der Waals surface area contributed by atoms with Crippen LogP contribution in [0.25, 0.3) is 16.6 Å². The van der Waals surface area contributed by atoms with Gasteiger partial charge in [-0.15, -0.1) is 10.2 Å². The highest BCUT2D eigenvalue weighted by Gasteiger charge is 2.23. The first-order valence-corrected chi connectivity index (χ1v) is 10.1. The summed E-state index contributed by atoms with van der Waals surface area (Å²) in [5.41, 5.74) is 2.20. The minimum absolute atomic E-state index is 0.129. The topological polar surface area (TPSA) is 101 Å². The number of halogens is 2. The van der Waals surface area contributed by atoms with Crippen molar-refractivity contribution in [3.8, 4) is 0 Å². The fraction of sp³-hybridized carbons (Fsp3) is 0.286. The maximum Gasteiger partial charge on any atom is 0.240 e. The molecule has 0 aliphatic carbocycles. The fourth-order valence-corrected chi connectivity index (χ4v) is 3.77. The third-order valence-electron chi connectivity index (χ3n) is 5.46. The second-order valence-electron chi connectivity index (χ2n) is 7.48.